The number of ether oxygens (including phenoxy) is 1. The van der Waals surface area contributed by atoms with Crippen LogP contribution < -0.4 is 4.74 Å². The van der Waals surface area contributed by atoms with Crippen LogP contribution in [0.2, 0.25) is 0 Å². The molecular formula is C77H150N2O. The lowest BCUT2D eigenvalue weighted by Gasteiger charge is -2.33. The van der Waals surface area contributed by atoms with Crippen molar-refractivity contribution >= 4 is 0 Å². The largest absolute Gasteiger partial charge is 0.497 e. The van der Waals surface area contributed by atoms with E-state index in [0.717, 1.165) is 36.3 Å². The molecule has 2 aromatic carbocycles. The van der Waals surface area contributed by atoms with Crippen LogP contribution in [0.5, 0.6) is 5.75 Å². The Labute approximate surface area is 507 Å². The highest BCUT2D eigenvalue weighted by Crippen LogP contribution is 2.37. The molecule has 0 spiro atoms. The number of likely N-dealkylation sites (tertiary alicyclic amines) is 2. The first kappa shape index (κ1) is 82.4. The second kappa shape index (κ2) is 41.3. The maximum Gasteiger partial charge on any atom is 0.118 e. The molecule has 2 saturated heterocycles. The Morgan fingerprint density at radius 3 is 0.988 bits per heavy atom. The molecule has 1 atom stereocenters. The number of nitrogens with zero attached hydrogens (tertiary/aromatic N) is 2. The zero-order chi connectivity index (χ0) is 62.7. The van der Waals surface area contributed by atoms with Crippen molar-refractivity contribution in [3.8, 4) is 5.75 Å². The van der Waals surface area contributed by atoms with Gasteiger partial charge in [-0.15, -0.1) is 0 Å². The third kappa shape index (κ3) is 55.4. The van der Waals surface area contributed by atoms with Gasteiger partial charge in [-0.05, 0) is 194 Å². The van der Waals surface area contributed by atoms with Crippen molar-refractivity contribution in [3.05, 3.63) is 65.7 Å². The van der Waals surface area contributed by atoms with Gasteiger partial charge in [-0.3, -0.25) is 0 Å². The maximum atomic E-state index is 5.10. The minimum absolute atomic E-state index is 0.356. The van der Waals surface area contributed by atoms with Crippen molar-refractivity contribution in [3.63, 3.8) is 0 Å². The van der Waals surface area contributed by atoms with Gasteiger partial charge in [0.05, 0.1) is 7.11 Å². The van der Waals surface area contributed by atoms with Gasteiger partial charge in [0.25, 0.3) is 0 Å². The second-order valence-electron chi connectivity index (χ2n) is 34.4. The molecule has 0 bridgehead atoms. The molecule has 1 saturated carbocycles. The summed E-state index contributed by atoms with van der Waals surface area (Å²) in [5, 5.41) is 0. The fourth-order valence-corrected chi connectivity index (χ4v) is 9.25. The summed E-state index contributed by atoms with van der Waals surface area (Å²) < 4.78 is 5.10. The summed E-state index contributed by atoms with van der Waals surface area (Å²) >= 11 is 0. The van der Waals surface area contributed by atoms with Crippen molar-refractivity contribution in [2.45, 2.75) is 316 Å². The first-order valence-electron chi connectivity index (χ1n) is 33.5. The zero-order valence-electron chi connectivity index (χ0n) is 60.7. The average molecular weight is 1120 g/mol. The molecule has 0 amide bonds. The van der Waals surface area contributed by atoms with Crippen LogP contribution in [0, 0.1) is 61.1 Å². The molecule has 5 rings (SSSR count). The average Bonchev–Trinajstić information content (AvgIpc) is 3.33. The quantitative estimate of drug-likeness (QED) is 0.249. The second-order valence-corrected chi connectivity index (χ2v) is 34.4. The van der Waals surface area contributed by atoms with E-state index >= 15 is 0 Å². The summed E-state index contributed by atoms with van der Waals surface area (Å²) in [6.07, 6.45) is 24.9. The van der Waals surface area contributed by atoms with E-state index < -0.39 is 0 Å². The molecule has 3 nitrogen and oxygen atoms in total. The van der Waals surface area contributed by atoms with Gasteiger partial charge in [-0.1, -0.05) is 288 Å². The number of hydrogen-bond acceptors (Lipinski definition) is 3. The number of piperidine rings is 2. The van der Waals surface area contributed by atoms with Crippen molar-refractivity contribution in [1.29, 1.82) is 0 Å². The molecule has 0 N–H and O–H groups in total. The monoisotopic (exact) mass is 1120 g/mol. The first-order valence-corrected chi connectivity index (χ1v) is 33.5. The molecule has 2 heterocycles. The van der Waals surface area contributed by atoms with Gasteiger partial charge in [-0.25, -0.2) is 0 Å². The molecule has 2 aliphatic heterocycles. The Bertz CT molecular complexity index is 1630. The summed E-state index contributed by atoms with van der Waals surface area (Å²) in [4.78, 5) is 5.24. The van der Waals surface area contributed by atoms with E-state index in [0.29, 0.717) is 43.3 Å². The summed E-state index contributed by atoms with van der Waals surface area (Å²) in [5.74, 6) is 3.58. The fourth-order valence-electron chi connectivity index (χ4n) is 9.25. The smallest absolute Gasteiger partial charge is 0.118 e. The lowest BCUT2D eigenvalue weighted by Crippen LogP contribution is -2.32. The topological polar surface area (TPSA) is 15.7 Å². The van der Waals surface area contributed by atoms with Gasteiger partial charge in [0, 0.05) is 0 Å². The van der Waals surface area contributed by atoms with E-state index in [-0.39, 0.29) is 0 Å². The predicted octanol–water partition coefficient (Wildman–Crippen LogP) is 24.6. The third-order valence-corrected chi connectivity index (χ3v) is 16.4. The number of hydrogen-bond donors (Lipinski definition) is 0. The van der Waals surface area contributed by atoms with E-state index in [4.69, 9.17) is 4.74 Å². The lowest BCUT2D eigenvalue weighted by atomic mass is 9.72. The van der Waals surface area contributed by atoms with Crippen molar-refractivity contribution in [1.82, 2.24) is 9.80 Å². The van der Waals surface area contributed by atoms with Crippen LogP contribution in [0.15, 0.2) is 54.6 Å². The molecule has 474 valence electrons. The van der Waals surface area contributed by atoms with Crippen LogP contribution in [-0.4, -0.2) is 56.2 Å². The fraction of sp³-hybridized carbons (Fsp3) is 0.844. The van der Waals surface area contributed by atoms with Crippen molar-refractivity contribution in [2.75, 3.05) is 46.4 Å². The Morgan fingerprint density at radius 2 is 0.762 bits per heavy atom. The standard InChI is InChI=1S/C12H18O.2C11H23N.C11H16.C10H20.C8H18.2C7H16/c1-12(2,3)9-10-5-7-11(13-4)8-6-10;2*1-11(2,3)7-10-12-8-5-4-6-9-12;1-11(2,3)9-10-7-5-4-6-8-10;1-10(2,3)9-7-5-4-6-8-9;1-6-7(2)8(3,4)5;1-6(2)7(3,4)5;1-5-6-7(2,3)4/h5-8H,9H2,1-4H3;2*4-10H2,1-3H3;4-8H,9H2,1-3H3;9H,4-8H2,1-3H3;7H,6H2,1-5H3;6H,1-5H3;5-6H2,1-4H3. The molecule has 3 heteroatoms. The van der Waals surface area contributed by atoms with Crippen molar-refractivity contribution in [2.24, 2.45) is 61.1 Å². The van der Waals surface area contributed by atoms with Gasteiger partial charge in [0.1, 0.15) is 5.75 Å². The molecule has 3 aliphatic rings. The van der Waals surface area contributed by atoms with Gasteiger partial charge in [-0.2, -0.15) is 0 Å². The van der Waals surface area contributed by atoms with Crippen LogP contribution in [-0.2, 0) is 12.8 Å². The van der Waals surface area contributed by atoms with E-state index in [2.05, 4.69) is 253 Å². The maximum absolute atomic E-state index is 5.10. The van der Waals surface area contributed by atoms with Gasteiger partial charge < -0.3 is 14.5 Å². The number of rotatable bonds is 9. The Hall–Kier alpha value is -1.84. The molecule has 3 fully saturated rings. The molecule has 2 aromatic rings. The Balaban J connectivity index is -0.000000855. The van der Waals surface area contributed by atoms with Crippen LogP contribution >= 0.6 is 0 Å². The molecule has 0 aromatic heterocycles. The van der Waals surface area contributed by atoms with Gasteiger partial charge >= 0.3 is 0 Å². The molecular weight excluding hydrogens is 969 g/mol. The minimum atomic E-state index is 0.356. The molecule has 1 unspecified atom stereocenters. The van der Waals surface area contributed by atoms with Crippen LogP contribution in [0.3, 0.4) is 0 Å². The highest BCUT2D eigenvalue weighted by atomic mass is 16.5. The Kier molecular flexibility index (Phi) is 42.5. The summed E-state index contributed by atoms with van der Waals surface area (Å²) in [6.45, 7) is 74.4. The minimum Gasteiger partial charge on any atom is -0.497 e. The SMILES string of the molecule is CC(C)(C)C1CCCCC1.CC(C)(C)CCN1CCCCC1.CC(C)(C)CCN1CCCCC1.CC(C)(C)Cc1ccccc1.CC(C)C(C)(C)C.CCC(C)C(C)(C)C.CCCC(C)(C)C.COc1ccc(CC(C)(C)C)cc1. The van der Waals surface area contributed by atoms with Gasteiger partial charge in [0.2, 0.25) is 0 Å². The Morgan fingerprint density at radius 1 is 0.425 bits per heavy atom. The van der Waals surface area contributed by atoms with Crippen molar-refractivity contribution < 1.29 is 4.74 Å². The van der Waals surface area contributed by atoms with E-state index in [1.807, 2.05) is 12.1 Å². The van der Waals surface area contributed by atoms with Crippen LogP contribution in [0.4, 0.5) is 0 Å². The highest BCUT2D eigenvalue weighted by molar-refractivity contribution is 5.27. The normalized spacial score (nSPS) is 16.5. The van der Waals surface area contributed by atoms with Gasteiger partial charge in [0.15, 0.2) is 0 Å². The zero-order valence-corrected chi connectivity index (χ0v) is 60.7. The number of methoxy groups -OCH3 is 1. The van der Waals surface area contributed by atoms with E-state index in [1.165, 1.54) is 153 Å². The van der Waals surface area contributed by atoms with E-state index in [1.54, 1.807) is 7.11 Å². The molecule has 80 heavy (non-hydrogen) atoms. The van der Waals surface area contributed by atoms with Crippen LogP contribution in [0.1, 0.15) is 315 Å². The van der Waals surface area contributed by atoms with Crippen LogP contribution in [0.25, 0.3) is 0 Å². The molecule has 0 radical (unpaired) electrons. The van der Waals surface area contributed by atoms with E-state index in [9.17, 15) is 0 Å². The predicted molar refractivity (Wildman–Crippen MR) is 368 cm³/mol. The summed E-state index contributed by atoms with van der Waals surface area (Å²) in [6, 6.07) is 18.9. The summed E-state index contributed by atoms with van der Waals surface area (Å²) in [7, 11) is 1.69. The highest BCUT2D eigenvalue weighted by Gasteiger charge is 2.26. The lowest BCUT2D eigenvalue weighted by molar-refractivity contribution is 0.180. The number of benzene rings is 2. The third-order valence-electron chi connectivity index (χ3n) is 16.4. The summed E-state index contributed by atoms with van der Waals surface area (Å²) in [5.41, 5.74) is 6.71. The molecule has 1 aliphatic carbocycles. The first-order chi connectivity index (χ1) is 36.3.